The van der Waals surface area contributed by atoms with E-state index < -0.39 is 10.0 Å². The number of rotatable bonds is 9. The van der Waals surface area contributed by atoms with Crippen molar-refractivity contribution in [2.45, 2.75) is 13.0 Å². The number of ether oxygens (including phenoxy) is 2. The number of benzene rings is 3. The van der Waals surface area contributed by atoms with Crippen LogP contribution in [-0.2, 0) is 10.0 Å². The topological polar surface area (TPSA) is 79.4 Å². The highest BCUT2D eigenvalue weighted by Gasteiger charge is 2.31. The molecule has 202 valence electrons. The summed E-state index contributed by atoms with van der Waals surface area (Å²) in [5, 5.41) is 0. The standard InChI is InChI=1S/C29H35N3O5S/c1-5-38(34,35)30(2)25-21-27(37-4)26(36-3)20-24(25)29(33)32-18-16-31(17-19-32)28(22-12-8-6-9-13-22)23-14-10-7-11-15-23/h6-15,20-21,28H,5,16-19H2,1-4H3. The van der Waals surface area contributed by atoms with Crippen LogP contribution >= 0.6 is 0 Å². The molecule has 0 saturated carbocycles. The average Bonchev–Trinajstić information content (AvgIpc) is 2.97. The van der Waals surface area contributed by atoms with Crippen LogP contribution in [0.15, 0.2) is 72.8 Å². The van der Waals surface area contributed by atoms with Crippen molar-refractivity contribution in [3.05, 3.63) is 89.5 Å². The molecule has 1 aliphatic rings. The van der Waals surface area contributed by atoms with Crippen LogP contribution in [0, 0.1) is 0 Å². The molecule has 0 aromatic heterocycles. The largest absolute Gasteiger partial charge is 0.493 e. The molecule has 8 nitrogen and oxygen atoms in total. The van der Waals surface area contributed by atoms with E-state index in [-0.39, 0.29) is 29.0 Å². The van der Waals surface area contributed by atoms with Crippen molar-refractivity contribution in [3.8, 4) is 11.5 Å². The number of sulfonamides is 1. The van der Waals surface area contributed by atoms with Gasteiger partial charge in [0.1, 0.15) is 0 Å². The van der Waals surface area contributed by atoms with Gasteiger partial charge < -0.3 is 14.4 Å². The molecule has 0 radical (unpaired) electrons. The van der Waals surface area contributed by atoms with Gasteiger partial charge in [0, 0.05) is 39.3 Å². The molecular formula is C29H35N3O5S. The summed E-state index contributed by atoms with van der Waals surface area (Å²) in [6.45, 7) is 3.93. The first-order valence-corrected chi connectivity index (χ1v) is 14.3. The number of nitrogens with zero attached hydrogens (tertiary/aromatic N) is 3. The Labute approximate surface area is 225 Å². The van der Waals surface area contributed by atoms with E-state index in [0.717, 1.165) is 4.31 Å². The summed E-state index contributed by atoms with van der Waals surface area (Å²) in [7, 11) is 0.821. The van der Waals surface area contributed by atoms with Crippen molar-refractivity contribution in [3.63, 3.8) is 0 Å². The van der Waals surface area contributed by atoms with Crippen molar-refractivity contribution in [2.75, 3.05) is 57.5 Å². The number of amides is 1. The number of carbonyl (C=O) groups excluding carboxylic acids is 1. The predicted octanol–water partition coefficient (Wildman–Crippen LogP) is 4.04. The summed E-state index contributed by atoms with van der Waals surface area (Å²) >= 11 is 0. The minimum Gasteiger partial charge on any atom is -0.493 e. The number of piperazine rings is 1. The van der Waals surface area contributed by atoms with Crippen LogP contribution in [0.4, 0.5) is 5.69 Å². The Morgan fingerprint density at radius 2 is 1.37 bits per heavy atom. The highest BCUT2D eigenvalue weighted by atomic mass is 32.2. The summed E-state index contributed by atoms with van der Waals surface area (Å²) in [6, 6.07) is 23.9. The zero-order valence-corrected chi connectivity index (χ0v) is 23.1. The van der Waals surface area contributed by atoms with Crippen LogP contribution < -0.4 is 13.8 Å². The summed E-state index contributed by atoms with van der Waals surface area (Å²) in [5.41, 5.74) is 2.93. The van der Waals surface area contributed by atoms with Crippen LogP contribution in [0.1, 0.15) is 34.5 Å². The van der Waals surface area contributed by atoms with Gasteiger partial charge in [-0.15, -0.1) is 0 Å². The van der Waals surface area contributed by atoms with Gasteiger partial charge in [-0.1, -0.05) is 60.7 Å². The second kappa shape index (κ2) is 11.9. The fourth-order valence-corrected chi connectivity index (χ4v) is 5.72. The molecule has 0 unspecified atom stereocenters. The first kappa shape index (κ1) is 27.5. The van der Waals surface area contributed by atoms with Crippen molar-refractivity contribution in [1.82, 2.24) is 9.80 Å². The first-order valence-electron chi connectivity index (χ1n) is 12.7. The van der Waals surface area contributed by atoms with Crippen molar-refractivity contribution in [2.24, 2.45) is 0 Å². The second-order valence-electron chi connectivity index (χ2n) is 9.14. The number of hydrogen-bond donors (Lipinski definition) is 0. The molecule has 9 heteroatoms. The van der Waals surface area contributed by atoms with E-state index in [2.05, 4.69) is 29.2 Å². The van der Waals surface area contributed by atoms with Gasteiger partial charge in [-0.25, -0.2) is 8.42 Å². The SMILES string of the molecule is CCS(=O)(=O)N(C)c1cc(OC)c(OC)cc1C(=O)N1CCN(C(c2ccccc2)c2ccccc2)CC1. The molecule has 1 heterocycles. The quantitative estimate of drug-likeness (QED) is 0.410. The molecule has 0 N–H and O–H groups in total. The lowest BCUT2D eigenvalue weighted by Crippen LogP contribution is -2.50. The fraction of sp³-hybridized carbons (Fsp3) is 0.345. The predicted molar refractivity (Wildman–Crippen MR) is 150 cm³/mol. The van der Waals surface area contributed by atoms with Gasteiger partial charge in [-0.05, 0) is 24.1 Å². The highest BCUT2D eigenvalue weighted by molar-refractivity contribution is 7.92. The summed E-state index contributed by atoms with van der Waals surface area (Å²) < 4.78 is 37.4. The smallest absolute Gasteiger partial charge is 0.256 e. The number of anilines is 1. The minimum atomic E-state index is -3.61. The Bertz CT molecular complexity index is 1300. The molecule has 38 heavy (non-hydrogen) atoms. The van der Waals surface area contributed by atoms with Crippen molar-refractivity contribution < 1.29 is 22.7 Å². The maximum atomic E-state index is 13.8. The van der Waals surface area contributed by atoms with E-state index in [1.807, 2.05) is 36.4 Å². The Morgan fingerprint density at radius 3 is 1.84 bits per heavy atom. The third-order valence-corrected chi connectivity index (χ3v) is 8.81. The van der Waals surface area contributed by atoms with Crippen LogP contribution in [0.25, 0.3) is 0 Å². The fourth-order valence-electron chi connectivity index (χ4n) is 4.88. The zero-order valence-electron chi connectivity index (χ0n) is 22.3. The lowest BCUT2D eigenvalue weighted by atomic mass is 9.96. The molecule has 0 spiro atoms. The number of carbonyl (C=O) groups is 1. The van der Waals surface area contributed by atoms with Crippen LogP contribution in [0.5, 0.6) is 11.5 Å². The summed E-state index contributed by atoms with van der Waals surface area (Å²) in [4.78, 5) is 18.0. The van der Waals surface area contributed by atoms with Gasteiger partial charge in [0.2, 0.25) is 10.0 Å². The Morgan fingerprint density at radius 1 is 0.868 bits per heavy atom. The number of methoxy groups -OCH3 is 2. The Balaban J connectivity index is 1.62. The van der Waals surface area contributed by atoms with E-state index in [4.69, 9.17) is 9.47 Å². The molecular weight excluding hydrogens is 502 g/mol. The van der Waals surface area contributed by atoms with Gasteiger partial charge in [-0.2, -0.15) is 0 Å². The summed E-state index contributed by atoms with van der Waals surface area (Å²) in [5.74, 6) is 0.392. The van der Waals surface area contributed by atoms with E-state index >= 15 is 0 Å². The van der Waals surface area contributed by atoms with Gasteiger partial charge >= 0.3 is 0 Å². The lowest BCUT2D eigenvalue weighted by molar-refractivity contribution is 0.0598. The molecule has 0 bridgehead atoms. The maximum Gasteiger partial charge on any atom is 0.256 e. The number of hydrogen-bond acceptors (Lipinski definition) is 6. The highest BCUT2D eigenvalue weighted by Crippen LogP contribution is 2.37. The molecule has 1 amide bonds. The van der Waals surface area contributed by atoms with E-state index in [1.165, 1.54) is 32.4 Å². The average molecular weight is 538 g/mol. The molecule has 3 aromatic carbocycles. The third kappa shape index (κ3) is 5.63. The van der Waals surface area contributed by atoms with Gasteiger partial charge in [0.05, 0.1) is 37.3 Å². The van der Waals surface area contributed by atoms with E-state index in [9.17, 15) is 13.2 Å². The molecule has 1 aliphatic heterocycles. The zero-order chi connectivity index (χ0) is 27.3. The molecule has 4 rings (SSSR count). The molecule has 0 aliphatic carbocycles. The molecule has 1 fully saturated rings. The minimum absolute atomic E-state index is 0.0760. The Kier molecular flexibility index (Phi) is 8.58. The maximum absolute atomic E-state index is 13.8. The second-order valence-corrected chi connectivity index (χ2v) is 11.4. The van der Waals surface area contributed by atoms with E-state index in [0.29, 0.717) is 37.7 Å². The van der Waals surface area contributed by atoms with Crippen molar-refractivity contribution in [1.29, 1.82) is 0 Å². The monoisotopic (exact) mass is 537 g/mol. The van der Waals surface area contributed by atoms with E-state index in [1.54, 1.807) is 24.0 Å². The molecule has 0 atom stereocenters. The van der Waals surface area contributed by atoms with Gasteiger partial charge in [-0.3, -0.25) is 14.0 Å². The van der Waals surface area contributed by atoms with Crippen molar-refractivity contribution >= 4 is 21.6 Å². The third-order valence-electron chi connectivity index (χ3n) is 7.05. The molecule has 3 aromatic rings. The molecule has 1 saturated heterocycles. The lowest BCUT2D eigenvalue weighted by Gasteiger charge is -2.40. The van der Waals surface area contributed by atoms with Crippen LogP contribution in [0.3, 0.4) is 0 Å². The Hall–Kier alpha value is -3.56. The van der Waals surface area contributed by atoms with Crippen LogP contribution in [-0.4, -0.2) is 77.3 Å². The first-order chi connectivity index (χ1) is 18.3. The van der Waals surface area contributed by atoms with Gasteiger partial charge in [0.25, 0.3) is 5.91 Å². The van der Waals surface area contributed by atoms with Crippen LogP contribution in [0.2, 0.25) is 0 Å². The summed E-state index contributed by atoms with van der Waals surface area (Å²) in [6.07, 6.45) is 0. The normalized spacial score (nSPS) is 14.4. The van der Waals surface area contributed by atoms with Gasteiger partial charge in [0.15, 0.2) is 11.5 Å².